The van der Waals surface area contributed by atoms with Gasteiger partial charge < -0.3 is 8.98 Å². The van der Waals surface area contributed by atoms with Crippen LogP contribution in [0.1, 0.15) is 0 Å². The SMILES string of the molecule is [Ir].[c-]1csc2c3cc(-c4cccc(-n5c6ccccc6c6cc(-c7ccc8oc9ccccc9c8c7)ccc65)c4)ccc3c3ccnn3c12. The first-order chi connectivity index (χ1) is 23.8. The molecular formula is C43H24IrN3OS-. The first kappa shape index (κ1) is 28.5. The van der Waals surface area contributed by atoms with Crippen molar-refractivity contribution in [3.8, 4) is 27.9 Å². The number of hydrogen-bond donors (Lipinski definition) is 0. The van der Waals surface area contributed by atoms with Gasteiger partial charge in [-0.1, -0.05) is 94.5 Å². The van der Waals surface area contributed by atoms with Gasteiger partial charge in [-0.25, -0.2) is 6.07 Å². The van der Waals surface area contributed by atoms with Crippen LogP contribution in [0.4, 0.5) is 0 Å². The summed E-state index contributed by atoms with van der Waals surface area (Å²) in [7, 11) is 0. The fourth-order valence-electron chi connectivity index (χ4n) is 7.60. The zero-order valence-corrected chi connectivity index (χ0v) is 29.1. The summed E-state index contributed by atoms with van der Waals surface area (Å²) in [6.07, 6.45) is 1.87. The Kier molecular flexibility index (Phi) is 6.25. The Hall–Kier alpha value is -5.52. The Labute approximate surface area is 297 Å². The first-order valence-electron chi connectivity index (χ1n) is 16.0. The standard InChI is InChI=1S/C43H24N3OS.Ir/c1-3-10-37-31(8-1)34-23-28(29-14-17-42-35(24-29)33-9-2-4-11-41(33)47-42)13-16-38(34)45(37)30-7-5-6-26(22-30)27-12-15-32-36(25-27)43-40(19-21-48-43)46-39(32)18-20-44-46;/h1-18,20-25H;/q-1;. The van der Waals surface area contributed by atoms with Crippen molar-refractivity contribution < 1.29 is 24.5 Å². The van der Waals surface area contributed by atoms with Gasteiger partial charge in [0.05, 0.1) is 16.6 Å². The van der Waals surface area contributed by atoms with E-state index in [1.54, 1.807) is 11.3 Å². The maximum absolute atomic E-state index is 6.11. The molecule has 0 aliphatic carbocycles. The van der Waals surface area contributed by atoms with Crippen molar-refractivity contribution in [2.24, 2.45) is 0 Å². The number of rotatable bonds is 3. The van der Waals surface area contributed by atoms with Crippen LogP contribution >= 0.6 is 11.3 Å². The molecule has 0 saturated heterocycles. The fraction of sp³-hybridized carbons (Fsp3) is 0. The summed E-state index contributed by atoms with van der Waals surface area (Å²) in [5.74, 6) is 0. The molecule has 0 amide bonds. The van der Waals surface area contributed by atoms with Crippen LogP contribution in [0, 0.1) is 6.07 Å². The number of fused-ring (bicyclic) bond motifs is 12. The molecule has 0 saturated carbocycles. The Morgan fingerprint density at radius 2 is 1.22 bits per heavy atom. The molecule has 5 heterocycles. The van der Waals surface area contributed by atoms with Crippen molar-refractivity contribution in [2.75, 3.05) is 0 Å². The molecule has 0 spiro atoms. The van der Waals surface area contributed by atoms with Crippen LogP contribution in [-0.4, -0.2) is 14.2 Å². The summed E-state index contributed by atoms with van der Waals surface area (Å²) < 4.78 is 11.7. The smallest absolute Gasteiger partial charge is 0.135 e. The van der Waals surface area contributed by atoms with Crippen LogP contribution in [0.5, 0.6) is 0 Å². The molecule has 6 heteroatoms. The molecule has 0 unspecified atom stereocenters. The summed E-state index contributed by atoms with van der Waals surface area (Å²) in [4.78, 5) is 0. The third kappa shape index (κ3) is 4.15. The number of thiophene rings is 1. The van der Waals surface area contributed by atoms with Crippen LogP contribution in [-0.2, 0) is 20.1 Å². The van der Waals surface area contributed by atoms with E-state index >= 15 is 0 Å². The van der Waals surface area contributed by atoms with E-state index in [-0.39, 0.29) is 20.1 Å². The molecule has 1 radical (unpaired) electrons. The van der Waals surface area contributed by atoms with Gasteiger partial charge >= 0.3 is 0 Å². The summed E-state index contributed by atoms with van der Waals surface area (Å²) >= 11 is 1.72. The van der Waals surface area contributed by atoms with Gasteiger partial charge in [0.2, 0.25) is 0 Å². The molecule has 11 aromatic rings. The van der Waals surface area contributed by atoms with Crippen molar-refractivity contribution in [1.82, 2.24) is 14.2 Å². The number of furan rings is 1. The Morgan fingerprint density at radius 3 is 2.14 bits per heavy atom. The normalized spacial score (nSPS) is 11.9. The van der Waals surface area contributed by atoms with E-state index in [4.69, 9.17) is 4.42 Å². The van der Waals surface area contributed by atoms with Gasteiger partial charge in [0.1, 0.15) is 11.2 Å². The van der Waals surface area contributed by atoms with Gasteiger partial charge in [-0.3, -0.25) is 15.9 Å². The molecule has 4 nitrogen and oxygen atoms in total. The van der Waals surface area contributed by atoms with Crippen LogP contribution in [0.25, 0.3) is 98.2 Å². The van der Waals surface area contributed by atoms with E-state index in [1.165, 1.54) is 59.5 Å². The minimum atomic E-state index is 0. The minimum Gasteiger partial charge on any atom is -0.456 e. The predicted molar refractivity (Wildman–Crippen MR) is 199 cm³/mol. The Balaban J connectivity index is 0.00000306. The predicted octanol–water partition coefficient (Wildman–Crippen LogP) is 11.8. The molecule has 0 N–H and O–H groups in total. The van der Waals surface area contributed by atoms with Crippen molar-refractivity contribution in [3.05, 3.63) is 151 Å². The van der Waals surface area contributed by atoms with Gasteiger partial charge in [0.25, 0.3) is 0 Å². The molecule has 0 fully saturated rings. The number of nitrogens with zero attached hydrogens (tertiary/aromatic N) is 3. The quantitative estimate of drug-likeness (QED) is 0.166. The zero-order chi connectivity index (χ0) is 31.3. The summed E-state index contributed by atoms with van der Waals surface area (Å²) in [5, 5.41) is 13.8. The number of benzene rings is 6. The monoisotopic (exact) mass is 823 g/mol. The zero-order valence-electron chi connectivity index (χ0n) is 25.8. The molecular weight excluding hydrogens is 799 g/mol. The third-order valence-corrected chi connectivity index (χ3v) is 10.7. The second-order valence-electron chi connectivity index (χ2n) is 12.4. The summed E-state index contributed by atoms with van der Waals surface area (Å²) in [6.45, 7) is 0. The second kappa shape index (κ2) is 10.7. The number of pyridine rings is 1. The molecule has 0 aliphatic heterocycles. The van der Waals surface area contributed by atoms with Crippen molar-refractivity contribution >= 4 is 81.6 Å². The Morgan fingerprint density at radius 1 is 0.531 bits per heavy atom. The Bertz CT molecular complexity index is 3090. The molecule has 0 aliphatic rings. The van der Waals surface area contributed by atoms with Crippen LogP contribution in [0.15, 0.2) is 149 Å². The average Bonchev–Trinajstić information content (AvgIpc) is 3.95. The van der Waals surface area contributed by atoms with Crippen LogP contribution in [0.3, 0.4) is 0 Å². The average molecular weight is 823 g/mol. The maximum Gasteiger partial charge on any atom is 0.135 e. The number of aromatic nitrogens is 3. The van der Waals surface area contributed by atoms with E-state index in [0.29, 0.717) is 0 Å². The van der Waals surface area contributed by atoms with E-state index in [9.17, 15) is 0 Å². The largest absolute Gasteiger partial charge is 0.456 e. The van der Waals surface area contributed by atoms with Crippen molar-refractivity contribution in [2.45, 2.75) is 0 Å². The van der Waals surface area contributed by atoms with Crippen LogP contribution in [0.2, 0.25) is 0 Å². The van der Waals surface area contributed by atoms with Gasteiger partial charge in [-0.15, -0.1) is 5.38 Å². The van der Waals surface area contributed by atoms with Gasteiger partial charge in [0, 0.05) is 53.5 Å². The van der Waals surface area contributed by atoms with Crippen LogP contribution < -0.4 is 0 Å². The summed E-state index contributed by atoms with van der Waals surface area (Å²) in [5.41, 5.74) is 12.2. The number of hydrogen-bond acceptors (Lipinski definition) is 3. The van der Waals surface area contributed by atoms with E-state index < -0.39 is 0 Å². The fourth-order valence-corrected chi connectivity index (χ4v) is 8.44. The molecule has 233 valence electrons. The maximum atomic E-state index is 6.11. The molecule has 5 aromatic heterocycles. The topological polar surface area (TPSA) is 35.4 Å². The van der Waals surface area contributed by atoms with E-state index in [2.05, 4.69) is 137 Å². The van der Waals surface area contributed by atoms with Gasteiger partial charge in [-0.2, -0.15) is 5.10 Å². The third-order valence-electron chi connectivity index (χ3n) is 9.80. The summed E-state index contributed by atoms with van der Waals surface area (Å²) in [6, 6.07) is 51.5. The molecule has 0 atom stereocenters. The second-order valence-corrected chi connectivity index (χ2v) is 13.3. The minimum absolute atomic E-state index is 0. The van der Waals surface area contributed by atoms with Gasteiger partial charge in [-0.05, 0) is 82.2 Å². The van der Waals surface area contributed by atoms with E-state index in [1.807, 2.05) is 28.2 Å². The van der Waals surface area contributed by atoms with Gasteiger partial charge in [0.15, 0.2) is 0 Å². The number of para-hydroxylation sites is 2. The molecule has 49 heavy (non-hydrogen) atoms. The van der Waals surface area contributed by atoms with Crippen molar-refractivity contribution in [1.29, 1.82) is 0 Å². The molecule has 11 rings (SSSR count). The molecule has 0 bridgehead atoms. The van der Waals surface area contributed by atoms with Crippen molar-refractivity contribution in [3.63, 3.8) is 0 Å². The first-order valence-corrected chi connectivity index (χ1v) is 16.9. The van der Waals surface area contributed by atoms with E-state index in [0.717, 1.165) is 38.7 Å². The molecule has 6 aromatic carbocycles.